The summed E-state index contributed by atoms with van der Waals surface area (Å²) < 4.78 is 4.87. The van der Waals surface area contributed by atoms with Crippen molar-refractivity contribution in [3.63, 3.8) is 0 Å². The Morgan fingerprint density at radius 3 is 2.77 bits per heavy atom. The molecule has 0 aliphatic carbocycles. The molecule has 0 spiro atoms. The van der Waals surface area contributed by atoms with Gasteiger partial charge in [-0.2, -0.15) is 0 Å². The zero-order valence-electron chi connectivity index (χ0n) is 7.90. The van der Waals surface area contributed by atoms with Gasteiger partial charge < -0.3 is 4.74 Å². The Hall–Kier alpha value is -0.970. The second-order valence-corrected chi connectivity index (χ2v) is 3.85. The van der Waals surface area contributed by atoms with Gasteiger partial charge in [-0.05, 0) is 20.8 Å². The minimum atomic E-state index is -0.300. The fraction of sp³-hybridized carbons (Fsp3) is 0.625. The summed E-state index contributed by atoms with van der Waals surface area (Å²) in [6.07, 6.45) is 0. The number of rotatable bonds is 3. The lowest BCUT2D eigenvalue weighted by molar-refractivity contribution is -0.144. The van der Waals surface area contributed by atoms with Crippen LogP contribution in [0.15, 0.2) is 0 Å². The van der Waals surface area contributed by atoms with E-state index in [9.17, 15) is 4.79 Å². The lowest BCUT2D eigenvalue weighted by Gasteiger charge is -2.05. The van der Waals surface area contributed by atoms with Crippen molar-refractivity contribution in [2.45, 2.75) is 26.7 Å². The van der Waals surface area contributed by atoms with Gasteiger partial charge in [-0.25, -0.2) is 0 Å². The first-order valence-electron chi connectivity index (χ1n) is 4.11. The summed E-state index contributed by atoms with van der Waals surface area (Å²) in [7, 11) is 0. The highest BCUT2D eigenvalue weighted by Gasteiger charge is 2.19. The number of carbonyl (C=O) groups excluding carboxylic acids is 1. The summed E-state index contributed by atoms with van der Waals surface area (Å²) in [6, 6.07) is 0. The lowest BCUT2D eigenvalue weighted by Crippen LogP contribution is -2.12. The van der Waals surface area contributed by atoms with Gasteiger partial charge in [0.1, 0.15) is 15.9 Å². The average Bonchev–Trinajstić information content (AvgIpc) is 2.51. The fourth-order valence-corrected chi connectivity index (χ4v) is 1.59. The van der Waals surface area contributed by atoms with Crippen LogP contribution < -0.4 is 0 Å². The highest BCUT2D eigenvalue weighted by Crippen LogP contribution is 2.20. The number of aromatic nitrogens is 2. The first-order chi connectivity index (χ1) is 6.15. The van der Waals surface area contributed by atoms with E-state index in [1.807, 2.05) is 6.92 Å². The van der Waals surface area contributed by atoms with E-state index in [1.165, 1.54) is 11.3 Å². The Balaban J connectivity index is 2.67. The van der Waals surface area contributed by atoms with E-state index in [0.717, 1.165) is 10.0 Å². The molecule has 13 heavy (non-hydrogen) atoms. The second-order valence-electron chi connectivity index (χ2n) is 2.63. The van der Waals surface area contributed by atoms with Crippen LogP contribution in [0.3, 0.4) is 0 Å². The molecule has 0 aliphatic rings. The van der Waals surface area contributed by atoms with Crippen LogP contribution in [0.25, 0.3) is 0 Å². The van der Waals surface area contributed by atoms with Gasteiger partial charge in [-0.15, -0.1) is 21.5 Å². The van der Waals surface area contributed by atoms with Crippen LogP contribution in [-0.4, -0.2) is 22.8 Å². The minimum absolute atomic E-state index is 0.237. The first kappa shape index (κ1) is 10.1. The Labute approximate surface area is 80.9 Å². The van der Waals surface area contributed by atoms with E-state index >= 15 is 0 Å². The van der Waals surface area contributed by atoms with E-state index in [2.05, 4.69) is 10.2 Å². The van der Waals surface area contributed by atoms with Gasteiger partial charge >= 0.3 is 5.97 Å². The number of nitrogens with zero attached hydrogens (tertiary/aromatic N) is 2. The average molecular weight is 200 g/mol. The molecule has 0 fully saturated rings. The molecule has 1 rings (SSSR count). The molecule has 1 unspecified atom stereocenters. The van der Waals surface area contributed by atoms with E-state index < -0.39 is 0 Å². The van der Waals surface area contributed by atoms with E-state index in [1.54, 1.807) is 13.8 Å². The maximum absolute atomic E-state index is 11.3. The standard InChI is InChI=1S/C8H12N2O2S/c1-4-12-8(11)5(2)7-10-9-6(3)13-7/h5H,4H2,1-3H3. The quantitative estimate of drug-likeness (QED) is 0.694. The Morgan fingerprint density at radius 2 is 2.31 bits per heavy atom. The van der Waals surface area contributed by atoms with E-state index in [-0.39, 0.29) is 11.9 Å². The summed E-state index contributed by atoms with van der Waals surface area (Å²) >= 11 is 1.43. The van der Waals surface area contributed by atoms with E-state index in [4.69, 9.17) is 4.74 Å². The van der Waals surface area contributed by atoms with Crippen molar-refractivity contribution in [2.24, 2.45) is 0 Å². The molecule has 72 valence electrons. The molecule has 1 atom stereocenters. The maximum Gasteiger partial charge on any atom is 0.315 e. The first-order valence-corrected chi connectivity index (χ1v) is 4.93. The number of hydrogen-bond acceptors (Lipinski definition) is 5. The van der Waals surface area contributed by atoms with Crippen molar-refractivity contribution in [1.29, 1.82) is 0 Å². The smallest absolute Gasteiger partial charge is 0.315 e. The van der Waals surface area contributed by atoms with Crippen molar-refractivity contribution >= 4 is 17.3 Å². The predicted octanol–water partition coefficient (Wildman–Crippen LogP) is 1.51. The number of esters is 1. The molecular weight excluding hydrogens is 188 g/mol. The van der Waals surface area contributed by atoms with Crippen LogP contribution in [0.4, 0.5) is 0 Å². The summed E-state index contributed by atoms with van der Waals surface area (Å²) in [4.78, 5) is 11.3. The largest absolute Gasteiger partial charge is 0.465 e. The number of ether oxygens (including phenoxy) is 1. The SMILES string of the molecule is CCOC(=O)C(C)c1nnc(C)s1. The van der Waals surface area contributed by atoms with Gasteiger partial charge in [0.25, 0.3) is 0 Å². The molecule has 0 saturated carbocycles. The van der Waals surface area contributed by atoms with Crippen LogP contribution in [0, 0.1) is 6.92 Å². The molecular formula is C8H12N2O2S. The van der Waals surface area contributed by atoms with Crippen LogP contribution in [0.1, 0.15) is 29.8 Å². The summed E-state index contributed by atoms with van der Waals surface area (Å²) in [6.45, 7) is 5.83. The predicted molar refractivity (Wildman–Crippen MR) is 49.7 cm³/mol. The molecule has 5 heteroatoms. The van der Waals surface area contributed by atoms with Crippen molar-refractivity contribution in [2.75, 3.05) is 6.61 Å². The molecule has 0 saturated heterocycles. The van der Waals surface area contributed by atoms with E-state index in [0.29, 0.717) is 6.61 Å². The van der Waals surface area contributed by atoms with Gasteiger partial charge in [-0.1, -0.05) is 0 Å². The van der Waals surface area contributed by atoms with Gasteiger partial charge in [0.2, 0.25) is 0 Å². The Morgan fingerprint density at radius 1 is 1.62 bits per heavy atom. The molecule has 1 aromatic rings. The zero-order chi connectivity index (χ0) is 9.84. The van der Waals surface area contributed by atoms with Crippen molar-refractivity contribution in [3.8, 4) is 0 Å². The molecule has 0 amide bonds. The zero-order valence-corrected chi connectivity index (χ0v) is 8.72. The molecule has 0 bridgehead atoms. The highest BCUT2D eigenvalue weighted by molar-refractivity contribution is 7.11. The molecule has 4 nitrogen and oxygen atoms in total. The summed E-state index contributed by atoms with van der Waals surface area (Å²) in [5, 5.41) is 9.31. The van der Waals surface area contributed by atoms with Crippen molar-refractivity contribution < 1.29 is 9.53 Å². The third-order valence-corrected chi connectivity index (χ3v) is 2.57. The van der Waals surface area contributed by atoms with Gasteiger partial charge in [-0.3, -0.25) is 4.79 Å². The molecule has 0 aromatic carbocycles. The molecule has 0 aliphatic heterocycles. The fourth-order valence-electron chi connectivity index (χ4n) is 0.855. The molecule has 1 heterocycles. The summed E-state index contributed by atoms with van der Waals surface area (Å²) in [5.74, 6) is -0.537. The Kier molecular flexibility index (Phi) is 3.36. The third kappa shape index (κ3) is 2.48. The topological polar surface area (TPSA) is 52.1 Å². The normalized spacial score (nSPS) is 12.5. The monoisotopic (exact) mass is 200 g/mol. The molecule has 1 aromatic heterocycles. The van der Waals surface area contributed by atoms with Crippen LogP contribution in [-0.2, 0) is 9.53 Å². The second kappa shape index (κ2) is 4.32. The van der Waals surface area contributed by atoms with Gasteiger partial charge in [0, 0.05) is 0 Å². The third-order valence-electron chi connectivity index (χ3n) is 1.55. The Bertz CT molecular complexity index is 298. The number of carbonyl (C=O) groups is 1. The minimum Gasteiger partial charge on any atom is -0.465 e. The summed E-state index contributed by atoms with van der Waals surface area (Å²) in [5.41, 5.74) is 0. The van der Waals surface area contributed by atoms with Crippen molar-refractivity contribution in [3.05, 3.63) is 10.0 Å². The van der Waals surface area contributed by atoms with Gasteiger partial charge in [0.15, 0.2) is 0 Å². The van der Waals surface area contributed by atoms with Gasteiger partial charge in [0.05, 0.1) is 6.61 Å². The van der Waals surface area contributed by atoms with Crippen LogP contribution >= 0.6 is 11.3 Å². The lowest BCUT2D eigenvalue weighted by atomic mass is 10.2. The highest BCUT2D eigenvalue weighted by atomic mass is 32.1. The van der Waals surface area contributed by atoms with Crippen LogP contribution in [0.2, 0.25) is 0 Å². The molecule has 0 N–H and O–H groups in total. The maximum atomic E-state index is 11.3. The molecule has 0 radical (unpaired) electrons. The van der Waals surface area contributed by atoms with Crippen molar-refractivity contribution in [1.82, 2.24) is 10.2 Å². The number of aryl methyl sites for hydroxylation is 1. The van der Waals surface area contributed by atoms with Crippen LogP contribution in [0.5, 0.6) is 0 Å². The number of hydrogen-bond donors (Lipinski definition) is 0.